The highest BCUT2D eigenvalue weighted by Gasteiger charge is 2.16. The van der Waals surface area contributed by atoms with Crippen LogP contribution in [0.25, 0.3) is 0 Å². The van der Waals surface area contributed by atoms with Gasteiger partial charge >= 0.3 is 0 Å². The van der Waals surface area contributed by atoms with E-state index in [1.54, 1.807) is 13.0 Å². The van der Waals surface area contributed by atoms with Crippen LogP contribution in [0.3, 0.4) is 0 Å². The number of nitrogens with two attached hydrogens (primary N) is 1. The van der Waals surface area contributed by atoms with Crippen molar-refractivity contribution in [3.05, 3.63) is 53.3 Å². The number of rotatable bonds is 3. The van der Waals surface area contributed by atoms with E-state index in [4.69, 9.17) is 10.5 Å². The minimum Gasteiger partial charge on any atom is -0.454 e. The van der Waals surface area contributed by atoms with E-state index < -0.39 is 12.2 Å². The number of anilines is 1. The zero-order valence-electron chi connectivity index (χ0n) is 10.2. The maximum Gasteiger partial charge on any atom is 0.267 e. The van der Waals surface area contributed by atoms with E-state index in [1.807, 2.05) is 0 Å². The summed E-state index contributed by atoms with van der Waals surface area (Å²) in [6, 6.07) is 8.09. The average Bonchev–Trinajstić information content (AvgIpc) is 2.35. The lowest BCUT2D eigenvalue weighted by Gasteiger charge is -2.12. The van der Waals surface area contributed by atoms with Crippen molar-refractivity contribution in [2.24, 2.45) is 0 Å². The minimum atomic E-state index is -2.74. The van der Waals surface area contributed by atoms with Crippen LogP contribution < -0.4 is 10.5 Å². The van der Waals surface area contributed by atoms with Gasteiger partial charge in [0.2, 0.25) is 0 Å². The summed E-state index contributed by atoms with van der Waals surface area (Å²) in [5, 5.41) is 0. The molecule has 2 nitrogen and oxygen atoms in total. The molecule has 5 heteroatoms. The second-order valence-corrected chi connectivity index (χ2v) is 4.13. The summed E-state index contributed by atoms with van der Waals surface area (Å²) in [6.45, 7) is 1.75. The molecule has 0 fully saturated rings. The zero-order chi connectivity index (χ0) is 14.0. The quantitative estimate of drug-likeness (QED) is 0.834. The number of alkyl halides is 2. The van der Waals surface area contributed by atoms with Gasteiger partial charge in [-0.1, -0.05) is 6.07 Å². The Morgan fingerprint density at radius 3 is 2.47 bits per heavy atom. The Hall–Kier alpha value is -2.17. The van der Waals surface area contributed by atoms with Crippen molar-refractivity contribution in [2.45, 2.75) is 13.3 Å². The van der Waals surface area contributed by atoms with Gasteiger partial charge in [-0.2, -0.15) is 0 Å². The van der Waals surface area contributed by atoms with Gasteiger partial charge in [-0.15, -0.1) is 0 Å². The van der Waals surface area contributed by atoms with Crippen LogP contribution in [0.15, 0.2) is 36.4 Å². The third-order valence-corrected chi connectivity index (χ3v) is 2.58. The zero-order valence-corrected chi connectivity index (χ0v) is 10.2. The molecule has 0 radical (unpaired) electrons. The van der Waals surface area contributed by atoms with Crippen LogP contribution in [0.1, 0.15) is 17.6 Å². The van der Waals surface area contributed by atoms with Gasteiger partial charge in [-0.25, -0.2) is 13.2 Å². The summed E-state index contributed by atoms with van der Waals surface area (Å²) < 4.78 is 44.5. The molecule has 100 valence electrons. The van der Waals surface area contributed by atoms with Crippen LogP contribution in [0, 0.1) is 12.7 Å². The van der Waals surface area contributed by atoms with E-state index in [9.17, 15) is 13.2 Å². The smallest absolute Gasteiger partial charge is 0.267 e. The molecular weight excluding hydrogens is 255 g/mol. The number of benzene rings is 2. The molecule has 0 aliphatic heterocycles. The summed E-state index contributed by atoms with van der Waals surface area (Å²) >= 11 is 0. The summed E-state index contributed by atoms with van der Waals surface area (Å²) in [4.78, 5) is 0. The number of ether oxygens (including phenoxy) is 1. The Labute approximate surface area is 108 Å². The van der Waals surface area contributed by atoms with Crippen molar-refractivity contribution in [3.63, 3.8) is 0 Å². The summed E-state index contributed by atoms with van der Waals surface area (Å²) in [5.41, 5.74) is 6.06. The summed E-state index contributed by atoms with van der Waals surface area (Å²) in [6.07, 6.45) is -2.74. The van der Waals surface area contributed by atoms with Crippen molar-refractivity contribution < 1.29 is 17.9 Å². The first kappa shape index (κ1) is 13.3. The van der Waals surface area contributed by atoms with Gasteiger partial charge in [-0.3, -0.25) is 0 Å². The third-order valence-electron chi connectivity index (χ3n) is 2.58. The van der Waals surface area contributed by atoms with E-state index in [0.717, 1.165) is 11.6 Å². The van der Waals surface area contributed by atoms with Gasteiger partial charge < -0.3 is 10.5 Å². The van der Waals surface area contributed by atoms with Crippen LogP contribution in [-0.4, -0.2) is 0 Å². The van der Waals surface area contributed by atoms with Crippen molar-refractivity contribution in [1.29, 1.82) is 0 Å². The predicted octanol–water partition coefficient (Wildman–Crippen LogP) is 4.45. The van der Waals surface area contributed by atoms with Crippen LogP contribution in [0.2, 0.25) is 0 Å². The first-order valence-electron chi connectivity index (χ1n) is 5.59. The number of hydrogen-bond acceptors (Lipinski definition) is 2. The number of hydrogen-bond donors (Lipinski definition) is 1. The molecule has 2 aromatic rings. The van der Waals surface area contributed by atoms with Crippen molar-refractivity contribution in [2.75, 3.05) is 5.73 Å². The van der Waals surface area contributed by atoms with Crippen LogP contribution in [0.5, 0.6) is 11.5 Å². The molecule has 2 N–H and O–H groups in total. The summed E-state index contributed by atoms with van der Waals surface area (Å²) in [5.74, 6) is -0.803. The lowest BCUT2D eigenvalue weighted by atomic mass is 10.2. The molecular formula is C14H12F3NO. The molecule has 0 bridgehead atoms. The highest BCUT2D eigenvalue weighted by molar-refractivity contribution is 5.50. The molecule has 0 heterocycles. The second kappa shape index (κ2) is 5.22. The van der Waals surface area contributed by atoms with Crippen molar-refractivity contribution in [1.82, 2.24) is 0 Å². The maximum absolute atomic E-state index is 13.5. The molecule has 0 saturated carbocycles. The Bertz CT molecular complexity index is 599. The van der Waals surface area contributed by atoms with E-state index in [0.29, 0.717) is 0 Å². The number of halogens is 3. The second-order valence-electron chi connectivity index (χ2n) is 4.13. The van der Waals surface area contributed by atoms with E-state index in [1.165, 1.54) is 24.3 Å². The largest absolute Gasteiger partial charge is 0.454 e. The predicted molar refractivity (Wildman–Crippen MR) is 67.0 cm³/mol. The lowest BCUT2D eigenvalue weighted by molar-refractivity contribution is 0.148. The topological polar surface area (TPSA) is 35.2 Å². The Balaban J connectivity index is 2.40. The maximum atomic E-state index is 13.5. The fraction of sp³-hybridized carbons (Fsp3) is 0.143. The van der Waals surface area contributed by atoms with Crippen LogP contribution >= 0.6 is 0 Å². The van der Waals surface area contributed by atoms with Gasteiger partial charge in [0.1, 0.15) is 5.75 Å². The van der Waals surface area contributed by atoms with Crippen LogP contribution in [0.4, 0.5) is 18.9 Å². The molecule has 0 amide bonds. The van der Waals surface area contributed by atoms with Gasteiger partial charge in [0, 0.05) is 5.69 Å². The highest BCUT2D eigenvalue weighted by atomic mass is 19.3. The van der Waals surface area contributed by atoms with Gasteiger partial charge in [0.05, 0.1) is 5.56 Å². The van der Waals surface area contributed by atoms with Crippen molar-refractivity contribution in [3.8, 4) is 11.5 Å². The third kappa shape index (κ3) is 2.99. The van der Waals surface area contributed by atoms with Gasteiger partial charge in [0.15, 0.2) is 11.6 Å². The fourth-order valence-electron chi connectivity index (χ4n) is 1.64. The molecule has 19 heavy (non-hydrogen) atoms. The first-order chi connectivity index (χ1) is 8.97. The van der Waals surface area contributed by atoms with E-state index in [2.05, 4.69) is 0 Å². The fourth-order valence-corrected chi connectivity index (χ4v) is 1.64. The summed E-state index contributed by atoms with van der Waals surface area (Å²) in [7, 11) is 0. The molecule has 0 aliphatic rings. The molecule has 0 saturated heterocycles. The molecule has 2 rings (SSSR count). The Kier molecular flexibility index (Phi) is 3.64. The van der Waals surface area contributed by atoms with Gasteiger partial charge in [-0.05, 0) is 42.8 Å². The molecule has 0 aliphatic carbocycles. The SMILES string of the molecule is Cc1ccc(F)c(Oc2ccc(N)cc2C(F)F)c1. The monoisotopic (exact) mass is 267 g/mol. The van der Waals surface area contributed by atoms with E-state index in [-0.39, 0.29) is 22.7 Å². The minimum absolute atomic E-state index is 0.0910. The molecule has 2 aromatic carbocycles. The van der Waals surface area contributed by atoms with E-state index >= 15 is 0 Å². The number of nitrogen functional groups attached to an aromatic ring is 1. The molecule has 0 aromatic heterocycles. The Morgan fingerprint density at radius 1 is 1.05 bits per heavy atom. The lowest BCUT2D eigenvalue weighted by Crippen LogP contribution is -1.96. The van der Waals surface area contributed by atoms with Gasteiger partial charge in [0.25, 0.3) is 6.43 Å². The normalized spacial score (nSPS) is 10.8. The standard InChI is InChI=1S/C14H12F3NO/c1-8-2-4-11(15)13(6-8)19-12-5-3-9(18)7-10(12)14(16)17/h2-7,14H,18H2,1H3. The molecule has 0 unspecified atom stereocenters. The number of aryl methyl sites for hydroxylation is 1. The van der Waals surface area contributed by atoms with Crippen LogP contribution in [-0.2, 0) is 0 Å². The first-order valence-corrected chi connectivity index (χ1v) is 5.59. The molecule has 0 spiro atoms. The molecule has 0 atom stereocenters. The average molecular weight is 267 g/mol. The van der Waals surface area contributed by atoms with Crippen molar-refractivity contribution >= 4 is 5.69 Å². The highest BCUT2D eigenvalue weighted by Crippen LogP contribution is 2.34. The Morgan fingerprint density at radius 2 is 1.79 bits per heavy atom.